The number of nitrogens with one attached hydrogen (secondary N) is 2. The third kappa shape index (κ3) is 10.5. The summed E-state index contributed by atoms with van der Waals surface area (Å²) >= 11 is 0. The Morgan fingerprint density at radius 3 is 1.48 bits per heavy atom. The molecule has 2 atom stereocenters. The zero-order chi connectivity index (χ0) is 49.2. The maximum absolute atomic E-state index is 15.1. The van der Waals surface area contributed by atoms with Gasteiger partial charge in [0.25, 0.3) is 0 Å². The van der Waals surface area contributed by atoms with E-state index < -0.39 is 35.3 Å². The summed E-state index contributed by atoms with van der Waals surface area (Å²) in [7, 11) is 3.46. The molecule has 6 N–H and O–H groups in total. The van der Waals surface area contributed by atoms with E-state index in [1.807, 2.05) is 24.0 Å². The largest absolute Gasteiger partial charge is 0.480 e. The summed E-state index contributed by atoms with van der Waals surface area (Å²) in [5.74, 6) is -2.90. The Hall–Kier alpha value is -7.10. The molecule has 4 fully saturated rings. The van der Waals surface area contributed by atoms with Crippen LogP contribution >= 0.6 is 0 Å². The number of carboxylic acid groups (broad SMARTS) is 1. The highest BCUT2D eigenvalue weighted by molar-refractivity contribution is 6.00. The molecule has 4 aliphatic heterocycles. The van der Waals surface area contributed by atoms with Gasteiger partial charge in [0.2, 0.25) is 5.91 Å². The van der Waals surface area contributed by atoms with Crippen molar-refractivity contribution in [1.82, 2.24) is 31.0 Å². The van der Waals surface area contributed by atoms with Crippen molar-refractivity contribution >= 4 is 79.4 Å². The molecule has 4 aliphatic rings. The number of morpholine rings is 2. The smallest absolute Gasteiger partial charge is 0.326 e. The van der Waals surface area contributed by atoms with Gasteiger partial charge in [0.15, 0.2) is 0 Å². The van der Waals surface area contributed by atoms with Gasteiger partial charge in [-0.3, -0.25) is 14.8 Å². The van der Waals surface area contributed by atoms with Crippen LogP contribution in [0.2, 0.25) is 0 Å². The predicted molar refractivity (Wildman–Crippen MR) is 266 cm³/mol. The normalized spacial score (nSPS) is 18.0. The van der Waals surface area contributed by atoms with Crippen molar-refractivity contribution < 1.29 is 41.7 Å². The molecule has 71 heavy (non-hydrogen) atoms. The maximum Gasteiger partial charge on any atom is 0.326 e. The van der Waals surface area contributed by atoms with Crippen molar-refractivity contribution in [1.29, 1.82) is 0 Å². The van der Waals surface area contributed by atoms with E-state index >= 15 is 8.78 Å². The lowest BCUT2D eigenvalue weighted by Gasteiger charge is -2.30. The van der Waals surface area contributed by atoms with Crippen molar-refractivity contribution in [3.8, 4) is 0 Å². The highest BCUT2D eigenvalue weighted by Gasteiger charge is 2.36. The van der Waals surface area contributed by atoms with Crippen LogP contribution in [0.3, 0.4) is 0 Å². The minimum atomic E-state index is -0.943. The van der Waals surface area contributed by atoms with Crippen LogP contribution in [0.5, 0.6) is 0 Å². The minimum absolute atomic E-state index is 0. The zero-order valence-electron chi connectivity index (χ0n) is 40.2. The summed E-state index contributed by atoms with van der Waals surface area (Å²) in [5.41, 5.74) is 5.61. The number of hydrogen-bond acceptors (Lipinski definition) is 15. The van der Waals surface area contributed by atoms with Gasteiger partial charge in [0.1, 0.15) is 47.0 Å². The number of nitrogens with zero attached hydrogens (tertiary/aromatic N) is 9. The van der Waals surface area contributed by atoms with Gasteiger partial charge in [-0.15, -0.1) is 0 Å². The molecule has 17 nitrogen and oxygen atoms in total. The Balaban J connectivity index is 0.000000188. The Bertz CT molecular complexity index is 2940. The van der Waals surface area contributed by atoms with Gasteiger partial charge in [-0.1, -0.05) is 0 Å². The molecule has 21 heteroatoms. The number of likely N-dealkylation sites (N-methyl/N-ethyl adjacent to an activating group) is 1. The van der Waals surface area contributed by atoms with E-state index in [1.54, 1.807) is 55.6 Å². The number of pyridine rings is 4. The first-order valence-corrected chi connectivity index (χ1v) is 23.4. The number of carbonyl (C=O) groups is 2. The molecule has 0 spiro atoms. The number of aliphatic carboxylic acids is 1. The second kappa shape index (κ2) is 21.5. The van der Waals surface area contributed by atoms with Crippen LogP contribution < -0.4 is 36.4 Å². The van der Waals surface area contributed by atoms with Crippen molar-refractivity contribution in [2.24, 2.45) is 0 Å². The number of carbonyl (C=O) groups excluding carboxylic acids is 1. The number of aromatic nitrogens is 4. The Labute approximate surface area is 408 Å². The Morgan fingerprint density at radius 1 is 0.634 bits per heavy atom. The SMILES string of the molecule is Cc1c(N2CCC[C@@H]2C(=O)N(C)C)nc2cc(F)cc(F)c2c1Nc1cncc(N2CCOCC2)c1.Cc1c(N2CCC[C@@H]2C(=O)O)nc2cc(F)cc(F)c2c1Nc1cncc(N2CCOCC2)c1.N. The molecule has 2 aromatic carbocycles. The van der Waals surface area contributed by atoms with E-state index in [9.17, 15) is 23.5 Å². The average molecular weight is 983 g/mol. The molecule has 0 bridgehead atoms. The first-order valence-electron chi connectivity index (χ1n) is 23.4. The molecule has 10 rings (SSSR count). The van der Waals surface area contributed by atoms with Gasteiger partial charge in [-0.2, -0.15) is 0 Å². The molecule has 1 amide bonds. The molecule has 0 radical (unpaired) electrons. The number of rotatable bonds is 10. The van der Waals surface area contributed by atoms with Gasteiger partial charge < -0.3 is 55.9 Å². The van der Waals surface area contributed by atoms with Crippen molar-refractivity contribution in [3.05, 3.63) is 95.6 Å². The van der Waals surface area contributed by atoms with Gasteiger partial charge in [0, 0.05) is 88.8 Å². The number of ether oxygens (including phenoxy) is 2. The molecular formula is C50H58F4N12O5. The number of halogens is 4. The van der Waals surface area contributed by atoms with Crippen molar-refractivity contribution in [2.45, 2.75) is 51.6 Å². The molecule has 0 aliphatic carbocycles. The zero-order valence-corrected chi connectivity index (χ0v) is 40.2. The lowest BCUT2D eigenvalue weighted by Crippen LogP contribution is -2.43. The Morgan fingerprint density at radius 2 is 1.06 bits per heavy atom. The van der Waals surface area contributed by atoms with Gasteiger partial charge >= 0.3 is 5.97 Å². The van der Waals surface area contributed by atoms with Gasteiger partial charge in [-0.25, -0.2) is 32.3 Å². The molecule has 0 unspecified atom stereocenters. The molecule has 4 aromatic heterocycles. The molecular weight excluding hydrogens is 925 g/mol. The first kappa shape index (κ1) is 50.3. The maximum atomic E-state index is 15.1. The highest BCUT2D eigenvalue weighted by atomic mass is 19.1. The monoisotopic (exact) mass is 982 g/mol. The van der Waals surface area contributed by atoms with Crippen LogP contribution in [-0.2, 0) is 19.1 Å². The Kier molecular flexibility index (Phi) is 15.2. The number of benzene rings is 2. The van der Waals surface area contributed by atoms with Crippen molar-refractivity contribution in [2.75, 3.05) is 110 Å². The highest BCUT2D eigenvalue weighted by Crippen LogP contribution is 2.41. The minimum Gasteiger partial charge on any atom is -0.480 e. The van der Waals surface area contributed by atoms with Crippen LogP contribution in [0.4, 0.5) is 63.3 Å². The molecule has 6 aromatic rings. The average Bonchev–Trinajstić information content (AvgIpc) is 4.05. The number of fused-ring (bicyclic) bond motifs is 2. The van der Waals surface area contributed by atoms with Gasteiger partial charge in [0.05, 0.1) is 107 Å². The van der Waals surface area contributed by atoms with Crippen molar-refractivity contribution in [3.63, 3.8) is 0 Å². The fraction of sp³-hybridized carbons (Fsp3) is 0.400. The summed E-state index contributed by atoms with van der Waals surface area (Å²) in [6.45, 7) is 10.3. The quantitative estimate of drug-likeness (QED) is 0.0966. The lowest BCUT2D eigenvalue weighted by atomic mass is 10.1. The lowest BCUT2D eigenvalue weighted by molar-refractivity contribution is -0.138. The molecule has 376 valence electrons. The number of amides is 1. The summed E-state index contributed by atoms with van der Waals surface area (Å²) in [6.07, 6.45) is 9.56. The fourth-order valence-corrected chi connectivity index (χ4v) is 9.78. The van der Waals surface area contributed by atoms with Crippen LogP contribution in [0.25, 0.3) is 21.8 Å². The predicted octanol–water partition coefficient (Wildman–Crippen LogP) is 7.87. The third-order valence-electron chi connectivity index (χ3n) is 13.2. The summed E-state index contributed by atoms with van der Waals surface area (Å²) in [5, 5.41) is 16.6. The van der Waals surface area contributed by atoms with E-state index in [4.69, 9.17) is 9.47 Å². The number of hydrogen-bond donors (Lipinski definition) is 4. The summed E-state index contributed by atoms with van der Waals surface area (Å²) in [4.78, 5) is 52.1. The molecule has 0 saturated carbocycles. The standard InChI is InChI=1S/C26H30F2N6O2.C24H25F2N5O3.H3N/c1-16-24(30-18-13-19(15-29-14-18)33-7-9-36-10-8-33)23-20(28)11-17(27)12-21(23)31-25(16)34-6-4-5-22(34)26(35)32(2)3;1-14-22(28-16-11-17(13-27-12-16)30-5-7-34-8-6-30)21-18(26)9-15(25)10-19(21)29-23(14)31-4-2-3-20(31)24(32)33;/h11-15,22H,4-10H2,1-3H3,(H,30,31);9-13,20H,2-8H2,1H3,(H,28,29)(H,32,33);1H3/t22-;20-;/m11./s1. The van der Waals surface area contributed by atoms with Crippen LogP contribution in [0, 0.1) is 37.1 Å². The number of carboxylic acids is 1. The fourth-order valence-electron chi connectivity index (χ4n) is 9.78. The second-order valence-corrected chi connectivity index (χ2v) is 18.0. The van der Waals surface area contributed by atoms with E-state index in [0.29, 0.717) is 104 Å². The van der Waals surface area contributed by atoms with Crippen LogP contribution in [0.1, 0.15) is 36.8 Å². The second-order valence-electron chi connectivity index (χ2n) is 18.0. The van der Waals surface area contributed by atoms with E-state index in [1.165, 1.54) is 12.1 Å². The summed E-state index contributed by atoms with van der Waals surface area (Å²) < 4.78 is 69.4. The molecule has 4 saturated heterocycles. The first-order chi connectivity index (χ1) is 33.7. The van der Waals surface area contributed by atoms with Crippen LogP contribution in [-0.4, -0.2) is 134 Å². The topological polar surface area (TPSA) is 200 Å². The molecule has 8 heterocycles. The van der Waals surface area contributed by atoms with E-state index in [-0.39, 0.29) is 39.9 Å². The summed E-state index contributed by atoms with van der Waals surface area (Å²) in [6, 6.07) is 6.86. The van der Waals surface area contributed by atoms with E-state index in [2.05, 4.69) is 40.4 Å². The van der Waals surface area contributed by atoms with Crippen LogP contribution in [0.15, 0.2) is 61.2 Å². The van der Waals surface area contributed by atoms with E-state index in [0.717, 1.165) is 56.1 Å². The van der Waals surface area contributed by atoms with Gasteiger partial charge in [-0.05, 0) is 51.7 Å². The third-order valence-corrected chi connectivity index (χ3v) is 13.2. The number of anilines is 8.